The van der Waals surface area contributed by atoms with Crippen LogP contribution in [-0.2, 0) is 6.42 Å². The van der Waals surface area contributed by atoms with Gasteiger partial charge >= 0.3 is 0 Å². The van der Waals surface area contributed by atoms with E-state index in [1.165, 1.54) is 30.6 Å². The Morgan fingerprint density at radius 1 is 1.27 bits per heavy atom. The lowest BCUT2D eigenvalue weighted by Gasteiger charge is -2.28. The summed E-state index contributed by atoms with van der Waals surface area (Å²) in [5.41, 5.74) is 1.05. The summed E-state index contributed by atoms with van der Waals surface area (Å²) in [6.07, 6.45) is 7.10. The predicted molar refractivity (Wildman–Crippen MR) is 61.3 cm³/mol. The molecule has 1 N–H and O–H groups in total. The lowest BCUT2D eigenvalue weighted by Crippen LogP contribution is -2.45. The molecule has 2 nitrogen and oxygen atoms in total. The normalized spacial score (nSPS) is 23.6. The first-order chi connectivity index (χ1) is 7.29. The van der Waals surface area contributed by atoms with E-state index in [2.05, 4.69) is 5.32 Å². The molecule has 2 heterocycles. The van der Waals surface area contributed by atoms with Gasteiger partial charge in [0.05, 0.1) is 5.56 Å². The van der Waals surface area contributed by atoms with E-state index in [1.807, 2.05) is 11.4 Å². The van der Waals surface area contributed by atoms with Crippen LogP contribution in [0.25, 0.3) is 0 Å². The van der Waals surface area contributed by atoms with Crippen LogP contribution in [-0.4, -0.2) is 11.4 Å². The number of hydrogen-bond acceptors (Lipinski definition) is 2. The van der Waals surface area contributed by atoms with Crippen molar-refractivity contribution < 1.29 is 4.79 Å². The van der Waals surface area contributed by atoms with Crippen molar-refractivity contribution in [1.29, 1.82) is 0 Å². The first-order valence-electron chi connectivity index (χ1n) is 5.68. The van der Waals surface area contributed by atoms with Gasteiger partial charge in [-0.1, -0.05) is 12.8 Å². The van der Waals surface area contributed by atoms with Crippen molar-refractivity contribution in [3.63, 3.8) is 0 Å². The zero-order valence-electron chi connectivity index (χ0n) is 8.71. The van der Waals surface area contributed by atoms with Crippen molar-refractivity contribution in [3.05, 3.63) is 21.9 Å². The maximum Gasteiger partial charge on any atom is 0.252 e. The van der Waals surface area contributed by atoms with Crippen molar-refractivity contribution in [2.45, 2.75) is 44.1 Å². The van der Waals surface area contributed by atoms with E-state index < -0.39 is 0 Å². The molecule has 0 aromatic carbocycles. The Morgan fingerprint density at radius 2 is 2.07 bits per heavy atom. The zero-order valence-corrected chi connectivity index (χ0v) is 9.53. The average molecular weight is 221 g/mol. The molecular formula is C12H15NOS. The number of carbonyl (C=O) groups excluding carboxylic acids is 1. The highest BCUT2D eigenvalue weighted by Gasteiger charge is 2.37. The van der Waals surface area contributed by atoms with E-state index in [1.54, 1.807) is 11.3 Å². The fourth-order valence-electron chi connectivity index (χ4n) is 2.89. The molecule has 80 valence electrons. The monoisotopic (exact) mass is 221 g/mol. The second kappa shape index (κ2) is 3.34. The van der Waals surface area contributed by atoms with Crippen LogP contribution in [0, 0.1) is 0 Å². The van der Waals surface area contributed by atoms with Gasteiger partial charge in [-0.3, -0.25) is 4.79 Å². The van der Waals surface area contributed by atoms with Gasteiger partial charge in [-0.2, -0.15) is 0 Å². The highest BCUT2D eigenvalue weighted by molar-refractivity contribution is 7.10. The molecule has 1 saturated carbocycles. The summed E-state index contributed by atoms with van der Waals surface area (Å²) in [5.74, 6) is 0.158. The van der Waals surface area contributed by atoms with Crippen LogP contribution in [0.5, 0.6) is 0 Å². The van der Waals surface area contributed by atoms with Gasteiger partial charge < -0.3 is 5.32 Å². The molecule has 1 aliphatic heterocycles. The Balaban J connectivity index is 1.93. The van der Waals surface area contributed by atoms with Crippen LogP contribution in [0.1, 0.15) is 47.3 Å². The van der Waals surface area contributed by atoms with Gasteiger partial charge in [-0.25, -0.2) is 0 Å². The summed E-state index contributed by atoms with van der Waals surface area (Å²) in [6, 6.07) is 1.96. The smallest absolute Gasteiger partial charge is 0.252 e. The number of rotatable bonds is 0. The Bertz CT molecular complexity index is 390. The number of aryl methyl sites for hydroxylation is 1. The van der Waals surface area contributed by atoms with Crippen molar-refractivity contribution in [1.82, 2.24) is 5.32 Å². The number of thiophene rings is 1. The first-order valence-corrected chi connectivity index (χ1v) is 6.56. The van der Waals surface area contributed by atoms with Crippen molar-refractivity contribution in [3.8, 4) is 0 Å². The molecule has 1 aliphatic carbocycles. The number of carbonyl (C=O) groups is 1. The lowest BCUT2D eigenvalue weighted by molar-refractivity contribution is 0.0903. The van der Waals surface area contributed by atoms with Gasteiger partial charge in [-0.15, -0.1) is 11.3 Å². The summed E-state index contributed by atoms with van der Waals surface area (Å²) in [7, 11) is 0. The number of fused-ring (bicyclic) bond motifs is 1. The lowest BCUT2D eigenvalue weighted by atomic mass is 9.92. The largest absolute Gasteiger partial charge is 0.347 e. The molecule has 0 bridgehead atoms. The van der Waals surface area contributed by atoms with E-state index in [0.717, 1.165) is 18.4 Å². The molecule has 2 aliphatic rings. The fourth-order valence-corrected chi connectivity index (χ4v) is 3.76. The zero-order chi connectivity index (χ0) is 10.3. The van der Waals surface area contributed by atoms with E-state index in [4.69, 9.17) is 0 Å². The Hall–Kier alpha value is -0.830. The average Bonchev–Trinajstić information content (AvgIpc) is 2.80. The molecule has 1 spiro atoms. The van der Waals surface area contributed by atoms with Crippen LogP contribution in [0.2, 0.25) is 0 Å². The van der Waals surface area contributed by atoms with Gasteiger partial charge in [-0.05, 0) is 37.1 Å². The van der Waals surface area contributed by atoms with Crippen LogP contribution >= 0.6 is 11.3 Å². The summed E-state index contributed by atoms with van der Waals surface area (Å²) in [6.45, 7) is 0. The topological polar surface area (TPSA) is 29.1 Å². The van der Waals surface area contributed by atoms with Crippen molar-refractivity contribution in [2.24, 2.45) is 0 Å². The highest BCUT2D eigenvalue weighted by atomic mass is 32.1. The summed E-state index contributed by atoms with van der Waals surface area (Å²) in [5, 5.41) is 5.29. The molecule has 1 amide bonds. The third kappa shape index (κ3) is 1.49. The van der Waals surface area contributed by atoms with Gasteiger partial charge in [0.15, 0.2) is 0 Å². The maximum atomic E-state index is 12.0. The van der Waals surface area contributed by atoms with Gasteiger partial charge in [0, 0.05) is 10.4 Å². The van der Waals surface area contributed by atoms with E-state index in [0.29, 0.717) is 0 Å². The molecule has 1 fully saturated rings. The minimum Gasteiger partial charge on any atom is -0.347 e. The Kier molecular flexibility index (Phi) is 2.09. The quantitative estimate of drug-likeness (QED) is 0.717. The minimum atomic E-state index is 0.135. The first kappa shape index (κ1) is 9.40. The van der Waals surface area contributed by atoms with Crippen molar-refractivity contribution in [2.75, 3.05) is 0 Å². The van der Waals surface area contributed by atoms with E-state index in [9.17, 15) is 4.79 Å². The molecule has 1 aromatic rings. The third-order valence-corrected chi connectivity index (χ3v) is 4.74. The molecule has 3 rings (SSSR count). The summed E-state index contributed by atoms with van der Waals surface area (Å²) < 4.78 is 0. The highest BCUT2D eigenvalue weighted by Crippen LogP contribution is 2.37. The SMILES string of the molecule is O=C1NC2(CCCC2)CCc2sccc21. The molecule has 0 radical (unpaired) electrons. The molecule has 0 atom stereocenters. The standard InChI is InChI=1S/C12H15NOS/c14-11-9-4-8-15-10(9)3-7-12(13-11)5-1-2-6-12/h4,8H,1-3,5-7H2,(H,13,14). The molecule has 0 saturated heterocycles. The number of amides is 1. The van der Waals surface area contributed by atoms with E-state index >= 15 is 0 Å². The maximum absolute atomic E-state index is 12.0. The number of hydrogen-bond donors (Lipinski definition) is 1. The van der Waals surface area contributed by atoms with Gasteiger partial charge in [0.2, 0.25) is 0 Å². The van der Waals surface area contributed by atoms with Gasteiger partial charge in [0.25, 0.3) is 5.91 Å². The summed E-state index contributed by atoms with van der Waals surface area (Å²) >= 11 is 1.72. The third-order valence-electron chi connectivity index (χ3n) is 3.76. The second-order valence-electron chi connectivity index (χ2n) is 4.70. The number of nitrogens with one attached hydrogen (secondary N) is 1. The van der Waals surface area contributed by atoms with Gasteiger partial charge in [0.1, 0.15) is 0 Å². The van der Waals surface area contributed by atoms with Crippen LogP contribution in [0.4, 0.5) is 0 Å². The van der Waals surface area contributed by atoms with Crippen LogP contribution in [0.15, 0.2) is 11.4 Å². The van der Waals surface area contributed by atoms with E-state index in [-0.39, 0.29) is 11.4 Å². The van der Waals surface area contributed by atoms with Crippen LogP contribution < -0.4 is 5.32 Å². The van der Waals surface area contributed by atoms with Crippen molar-refractivity contribution >= 4 is 17.2 Å². The molecule has 3 heteroatoms. The van der Waals surface area contributed by atoms with Crippen LogP contribution in [0.3, 0.4) is 0 Å². The second-order valence-corrected chi connectivity index (χ2v) is 5.70. The molecule has 0 unspecified atom stereocenters. The Labute approximate surface area is 93.7 Å². The molecular weight excluding hydrogens is 206 g/mol. The molecule has 1 aromatic heterocycles. The minimum absolute atomic E-state index is 0.135. The Morgan fingerprint density at radius 3 is 2.87 bits per heavy atom. The summed E-state index contributed by atoms with van der Waals surface area (Å²) in [4.78, 5) is 13.3. The molecule has 15 heavy (non-hydrogen) atoms. The fraction of sp³-hybridized carbons (Fsp3) is 0.583. The predicted octanol–water partition coefficient (Wildman–Crippen LogP) is 2.74.